The molecule has 0 bridgehead atoms. The van der Waals surface area contributed by atoms with E-state index >= 15 is 0 Å². The first kappa shape index (κ1) is 26.8. The average Bonchev–Trinajstić information content (AvgIpc) is 3.25. The molecular weight excluding hydrogens is 497 g/mol. The van der Waals surface area contributed by atoms with Gasteiger partial charge in [0.2, 0.25) is 0 Å². The molecule has 30 heavy (non-hydrogen) atoms. The molecule has 1 fully saturated rings. The van der Waals surface area contributed by atoms with Gasteiger partial charge < -0.3 is 29.6 Å². The maximum Gasteiger partial charge on any atom is 0.190 e. The van der Waals surface area contributed by atoms with Crippen molar-refractivity contribution in [3.05, 3.63) is 23.8 Å². The Labute approximate surface area is 198 Å². The van der Waals surface area contributed by atoms with Gasteiger partial charge in [-0.25, -0.2) is 0 Å². The molecule has 0 aliphatic carbocycles. The summed E-state index contributed by atoms with van der Waals surface area (Å²) >= 11 is 0. The Bertz CT molecular complexity index is 610. The Morgan fingerprint density at radius 2 is 1.90 bits per heavy atom. The first-order chi connectivity index (χ1) is 14.3. The largest absolute Gasteiger partial charge is 0.490 e. The highest BCUT2D eigenvalue weighted by Gasteiger charge is 2.15. The van der Waals surface area contributed by atoms with E-state index in [1.807, 2.05) is 19.9 Å². The summed E-state index contributed by atoms with van der Waals surface area (Å²) in [5.74, 6) is 2.98. The van der Waals surface area contributed by atoms with Crippen LogP contribution in [-0.4, -0.2) is 65.7 Å². The van der Waals surface area contributed by atoms with Crippen molar-refractivity contribution in [1.82, 2.24) is 10.6 Å². The van der Waals surface area contributed by atoms with Gasteiger partial charge in [0.05, 0.1) is 26.4 Å². The van der Waals surface area contributed by atoms with Gasteiger partial charge in [0.1, 0.15) is 0 Å². The van der Waals surface area contributed by atoms with Crippen LogP contribution in [0.15, 0.2) is 23.2 Å². The summed E-state index contributed by atoms with van der Waals surface area (Å²) in [6.45, 7) is 10.1. The Morgan fingerprint density at radius 3 is 2.60 bits per heavy atom. The lowest BCUT2D eigenvalue weighted by molar-refractivity contribution is 0.0888. The van der Waals surface area contributed by atoms with Crippen LogP contribution in [0.25, 0.3) is 0 Å². The van der Waals surface area contributed by atoms with Crippen molar-refractivity contribution in [2.24, 2.45) is 10.9 Å². The maximum atomic E-state index is 5.73. The second-order valence-corrected chi connectivity index (χ2v) is 6.98. The molecule has 1 heterocycles. The Hall–Kier alpha value is -1.26. The van der Waals surface area contributed by atoms with E-state index in [2.05, 4.69) is 27.8 Å². The summed E-state index contributed by atoms with van der Waals surface area (Å²) in [5.41, 5.74) is 1.20. The van der Waals surface area contributed by atoms with Gasteiger partial charge in [-0.15, -0.1) is 24.0 Å². The third kappa shape index (κ3) is 10.2. The van der Waals surface area contributed by atoms with E-state index in [-0.39, 0.29) is 24.0 Å². The lowest BCUT2D eigenvalue weighted by Gasteiger charge is -2.14. The molecule has 0 radical (unpaired) electrons. The van der Waals surface area contributed by atoms with Crippen molar-refractivity contribution in [3.63, 3.8) is 0 Å². The van der Waals surface area contributed by atoms with Crippen LogP contribution >= 0.6 is 24.0 Å². The number of ether oxygens (including phenoxy) is 4. The predicted molar refractivity (Wildman–Crippen MR) is 132 cm³/mol. The fraction of sp³-hybridized carbons (Fsp3) is 0.682. The van der Waals surface area contributed by atoms with Crippen LogP contribution in [0.3, 0.4) is 0 Å². The molecule has 1 aliphatic rings. The van der Waals surface area contributed by atoms with Crippen LogP contribution in [0.2, 0.25) is 0 Å². The van der Waals surface area contributed by atoms with Crippen LogP contribution in [0.5, 0.6) is 11.5 Å². The second-order valence-electron chi connectivity index (χ2n) is 6.98. The van der Waals surface area contributed by atoms with Gasteiger partial charge in [0.15, 0.2) is 17.5 Å². The van der Waals surface area contributed by atoms with E-state index in [4.69, 9.17) is 18.9 Å². The van der Waals surface area contributed by atoms with E-state index in [0.717, 1.165) is 76.2 Å². The van der Waals surface area contributed by atoms with Gasteiger partial charge >= 0.3 is 0 Å². The van der Waals surface area contributed by atoms with Crippen molar-refractivity contribution in [2.75, 3.05) is 59.8 Å². The van der Waals surface area contributed by atoms with Gasteiger partial charge in [-0.2, -0.15) is 0 Å². The molecule has 0 aromatic heterocycles. The summed E-state index contributed by atoms with van der Waals surface area (Å²) in [6, 6.07) is 6.12. The van der Waals surface area contributed by atoms with Crippen LogP contribution < -0.4 is 20.1 Å². The fourth-order valence-corrected chi connectivity index (χ4v) is 3.14. The molecule has 1 aromatic carbocycles. The van der Waals surface area contributed by atoms with Gasteiger partial charge in [-0.3, -0.25) is 4.99 Å². The molecule has 2 N–H and O–H groups in total. The number of nitrogens with zero attached hydrogens (tertiary/aromatic N) is 1. The Balaban J connectivity index is 0.00000450. The van der Waals surface area contributed by atoms with Crippen molar-refractivity contribution in [1.29, 1.82) is 0 Å². The van der Waals surface area contributed by atoms with E-state index in [9.17, 15) is 0 Å². The quantitative estimate of drug-likeness (QED) is 0.175. The van der Waals surface area contributed by atoms with E-state index in [1.54, 1.807) is 7.05 Å². The summed E-state index contributed by atoms with van der Waals surface area (Å²) in [7, 11) is 1.79. The Kier molecular flexibility index (Phi) is 14.7. The number of benzene rings is 1. The van der Waals surface area contributed by atoms with Gasteiger partial charge in [-0.1, -0.05) is 6.07 Å². The van der Waals surface area contributed by atoms with Crippen molar-refractivity contribution in [3.8, 4) is 11.5 Å². The smallest absolute Gasteiger partial charge is 0.190 e. The van der Waals surface area contributed by atoms with Crippen LogP contribution in [0.4, 0.5) is 0 Å². The highest BCUT2D eigenvalue weighted by atomic mass is 127. The number of hydrogen-bond donors (Lipinski definition) is 2. The standard InChI is InChI=1S/C22H37N3O4.HI/c1-4-28-20-8-7-18(15-21(20)29-5-2)9-12-25-22(23-3)24-11-6-13-26-16-19-10-14-27-17-19;/h7-8,15,19H,4-6,9-14,16-17H2,1-3H3,(H2,23,24,25);1H. The molecule has 1 saturated heterocycles. The number of guanidine groups is 1. The molecule has 0 spiro atoms. The zero-order valence-electron chi connectivity index (χ0n) is 18.6. The molecule has 1 aromatic rings. The number of halogens is 1. The van der Waals surface area contributed by atoms with E-state index in [0.29, 0.717) is 19.1 Å². The third-order valence-electron chi connectivity index (χ3n) is 4.67. The summed E-state index contributed by atoms with van der Waals surface area (Å²) < 4.78 is 22.4. The summed E-state index contributed by atoms with van der Waals surface area (Å²) in [4.78, 5) is 4.28. The lowest BCUT2D eigenvalue weighted by atomic mass is 10.1. The zero-order valence-corrected chi connectivity index (χ0v) is 20.9. The number of rotatable bonds is 13. The van der Waals surface area contributed by atoms with E-state index in [1.165, 1.54) is 5.56 Å². The third-order valence-corrected chi connectivity index (χ3v) is 4.67. The minimum atomic E-state index is 0. The fourth-order valence-electron chi connectivity index (χ4n) is 3.14. The highest BCUT2D eigenvalue weighted by Crippen LogP contribution is 2.28. The molecule has 172 valence electrons. The van der Waals surface area contributed by atoms with Gasteiger partial charge in [-0.05, 0) is 50.8 Å². The minimum absolute atomic E-state index is 0. The van der Waals surface area contributed by atoms with Crippen LogP contribution in [0.1, 0.15) is 32.3 Å². The second kappa shape index (κ2) is 16.4. The summed E-state index contributed by atoms with van der Waals surface area (Å²) in [5, 5.41) is 6.69. The first-order valence-electron chi connectivity index (χ1n) is 10.7. The number of aliphatic imine (C=N–C) groups is 1. The molecule has 1 unspecified atom stereocenters. The molecule has 0 saturated carbocycles. The summed E-state index contributed by atoms with van der Waals surface area (Å²) in [6.07, 6.45) is 2.94. The minimum Gasteiger partial charge on any atom is -0.490 e. The molecule has 1 atom stereocenters. The normalized spacial score (nSPS) is 16.1. The van der Waals surface area contributed by atoms with Crippen LogP contribution in [0, 0.1) is 5.92 Å². The van der Waals surface area contributed by atoms with Crippen molar-refractivity contribution >= 4 is 29.9 Å². The molecule has 1 aliphatic heterocycles. The maximum absolute atomic E-state index is 5.73. The number of hydrogen-bond acceptors (Lipinski definition) is 5. The topological polar surface area (TPSA) is 73.3 Å². The Morgan fingerprint density at radius 1 is 1.13 bits per heavy atom. The number of nitrogens with one attached hydrogen (secondary N) is 2. The molecule has 7 nitrogen and oxygen atoms in total. The monoisotopic (exact) mass is 535 g/mol. The van der Waals surface area contributed by atoms with Gasteiger partial charge in [0.25, 0.3) is 0 Å². The van der Waals surface area contributed by atoms with E-state index < -0.39 is 0 Å². The van der Waals surface area contributed by atoms with Crippen LogP contribution in [-0.2, 0) is 15.9 Å². The first-order valence-corrected chi connectivity index (χ1v) is 10.7. The molecule has 8 heteroatoms. The van der Waals surface area contributed by atoms with Crippen molar-refractivity contribution in [2.45, 2.75) is 33.1 Å². The highest BCUT2D eigenvalue weighted by molar-refractivity contribution is 14.0. The predicted octanol–water partition coefficient (Wildman–Crippen LogP) is 3.25. The molecule has 2 rings (SSSR count). The molecular formula is C22H38IN3O4. The lowest BCUT2D eigenvalue weighted by Crippen LogP contribution is -2.39. The van der Waals surface area contributed by atoms with Gasteiger partial charge in [0, 0.05) is 39.3 Å². The average molecular weight is 535 g/mol. The SMILES string of the molecule is CCOc1ccc(CCNC(=NC)NCCCOCC2CCOC2)cc1OCC.I. The zero-order chi connectivity index (χ0) is 20.7. The van der Waals surface area contributed by atoms with Crippen molar-refractivity contribution < 1.29 is 18.9 Å². The molecule has 0 amide bonds.